The molecule has 0 unspecified atom stereocenters. The van der Waals surface area contributed by atoms with Gasteiger partial charge in [0.05, 0.1) is 0 Å². The van der Waals surface area contributed by atoms with Gasteiger partial charge in [-0.25, -0.2) is 0 Å². The van der Waals surface area contributed by atoms with Crippen LogP contribution in [-0.4, -0.2) is 11.9 Å². The zero-order valence-electron chi connectivity index (χ0n) is 14.5. The van der Waals surface area contributed by atoms with Gasteiger partial charge < -0.3 is 31.2 Å². The Balaban J connectivity index is -0.00000000163. The molecular weight excluding hydrogens is 387 g/mol. The third-order valence-corrected chi connectivity index (χ3v) is 0. The maximum absolute atomic E-state index is 8.89. The molecule has 9 heteroatoms. The van der Waals surface area contributed by atoms with Crippen LogP contribution in [0.15, 0.2) is 0 Å². The zero-order valence-corrected chi connectivity index (χ0v) is 12.4. The van der Waals surface area contributed by atoms with Gasteiger partial charge in [0.15, 0.2) is 0 Å². The van der Waals surface area contributed by atoms with Crippen molar-refractivity contribution in [3.63, 3.8) is 0 Å². The van der Waals surface area contributed by atoms with Crippen LogP contribution < -0.4 is 10.2 Å². The second-order valence-corrected chi connectivity index (χ2v) is 0.983. The molecule has 0 amide bonds. The number of hydrogen-bond donors (Lipinski definition) is 0. The maximum atomic E-state index is 8.89. The maximum Gasteiger partial charge on any atom is 2.00 e. The van der Waals surface area contributed by atoms with Crippen molar-refractivity contribution < 1.29 is 117 Å². The second kappa shape index (κ2) is 37.5. The number of carboxylic acid groups (broad SMARTS) is 2. The molecule has 0 aromatic heterocycles. The number of hydrogen-bond acceptors (Lipinski definition) is 4. The quantitative estimate of drug-likeness (QED) is 0.459. The van der Waals surface area contributed by atoms with Gasteiger partial charge in [-0.1, -0.05) is 0 Å². The topological polar surface area (TPSA) is 80.3 Å². The molecule has 0 saturated heterocycles. The summed E-state index contributed by atoms with van der Waals surface area (Å²) in [5, 5.41) is 17.8. The Labute approximate surface area is 142 Å². The van der Waals surface area contributed by atoms with E-state index in [4.69, 9.17) is 19.8 Å². The van der Waals surface area contributed by atoms with Crippen molar-refractivity contribution in [1.29, 1.82) is 0 Å². The Bertz CT molecular complexity index is 98.7. The van der Waals surface area contributed by atoms with Crippen LogP contribution in [0.2, 0.25) is 0 Å². The molecule has 0 aromatic carbocycles. The first-order valence-electron chi connectivity index (χ1n) is 1.82. The van der Waals surface area contributed by atoms with Crippen LogP contribution in [0.3, 0.4) is 0 Å². The molecule has 0 N–H and O–H groups in total. The molecule has 0 rings (SSSR count). The fraction of sp³-hybridized carbons (Fsp3) is 0.500. The summed E-state index contributed by atoms with van der Waals surface area (Å²) in [6.45, 7) is 1.94. The van der Waals surface area contributed by atoms with Gasteiger partial charge in [-0.2, -0.15) is 0 Å². The minimum absolute atomic E-state index is 0. The summed E-state index contributed by atoms with van der Waals surface area (Å²) in [4.78, 5) is 17.8. The molecule has 0 aliphatic rings. The van der Waals surface area contributed by atoms with E-state index in [1.165, 1.54) is 0 Å². The van der Waals surface area contributed by atoms with Gasteiger partial charge in [0, 0.05) is 11.9 Å². The Morgan fingerprint density at radius 3 is 0.769 bits per heavy atom. The minimum atomic E-state index is -1.08. The average Bonchev–Trinajstić information content (AvgIpc) is 1.25. The predicted octanol–water partition coefficient (Wildman–Crippen LogP) is -1.60. The molecule has 13 heavy (non-hydrogen) atoms. The van der Waals surface area contributed by atoms with Crippen LogP contribution in [-0.2, 0) is 94.9 Å². The van der Waals surface area contributed by atoms with Crippen molar-refractivity contribution in [2.45, 2.75) is 13.8 Å². The van der Waals surface area contributed by atoms with E-state index >= 15 is 0 Å². The minimum Gasteiger partial charge on any atom is -1.00 e. The first-order chi connectivity index (χ1) is 3.46. The van der Waals surface area contributed by atoms with E-state index in [1.807, 2.05) is 0 Å². The molecule has 0 aliphatic heterocycles. The van der Waals surface area contributed by atoms with Crippen LogP contribution in [0, 0.1) is 0 Å². The third-order valence-electron chi connectivity index (χ3n) is 0. The second-order valence-electron chi connectivity index (χ2n) is 0.983. The fourth-order valence-electron chi connectivity index (χ4n) is 0. The average molecular weight is 401 g/mol. The first-order valence-corrected chi connectivity index (χ1v) is 1.82. The van der Waals surface area contributed by atoms with Crippen molar-refractivity contribution in [2.75, 3.05) is 0 Å². The van der Waals surface area contributed by atoms with Crippen molar-refractivity contribution in [3.8, 4) is 0 Å². The molecule has 0 saturated carbocycles. The van der Waals surface area contributed by atoms with Gasteiger partial charge in [0.2, 0.25) is 0 Å². The molecule has 0 aromatic rings. The molecule has 0 atom stereocenters. The van der Waals surface area contributed by atoms with E-state index in [0.29, 0.717) is 0 Å². The first kappa shape index (κ1) is 46.9. The molecule has 89 valence electrons. The van der Waals surface area contributed by atoms with Gasteiger partial charge in [-0.15, -0.1) is 0 Å². The number of carboxylic acids is 2. The standard InChI is InChI=1S/2C2H4O2.5Mn.8H/c2*1-2(3)4;;;;;;;;;;;;;/h2*1H3,(H,3,4);;;;;;;;;;;;;/q;;5*+2;8*-1/p-2. The van der Waals surface area contributed by atoms with Crippen LogP contribution in [0.25, 0.3) is 0 Å². The molecule has 4 nitrogen and oxygen atoms in total. The smallest absolute Gasteiger partial charge is 1.00 e. The molecule has 0 aliphatic carbocycles. The van der Waals surface area contributed by atoms with Gasteiger partial charge in [-0.05, 0) is 13.8 Å². The molecule has 0 heterocycles. The number of aliphatic carboxylic acids is 2. The predicted molar refractivity (Wildman–Crippen MR) is 30.3 cm³/mol. The van der Waals surface area contributed by atoms with E-state index in [2.05, 4.69) is 0 Å². The van der Waals surface area contributed by atoms with Crippen LogP contribution in [0.5, 0.6) is 0 Å². The van der Waals surface area contributed by atoms with Crippen molar-refractivity contribution in [1.82, 2.24) is 0 Å². The monoisotopic (exact) mass is 401 g/mol. The molecule has 0 spiro atoms. The summed E-state index contributed by atoms with van der Waals surface area (Å²) in [6, 6.07) is 0. The van der Waals surface area contributed by atoms with E-state index in [1.54, 1.807) is 0 Å². The van der Waals surface area contributed by atoms with Crippen molar-refractivity contribution in [2.24, 2.45) is 0 Å². The summed E-state index contributed by atoms with van der Waals surface area (Å²) in [5.41, 5.74) is 0. The van der Waals surface area contributed by atoms with E-state index in [9.17, 15) is 0 Å². The van der Waals surface area contributed by atoms with Crippen LogP contribution in [0.1, 0.15) is 25.3 Å². The Kier molecular flexibility index (Phi) is 135. The van der Waals surface area contributed by atoms with E-state index < -0.39 is 11.9 Å². The molecule has 0 fully saturated rings. The Hall–Kier alpha value is 1.54. The molecular formula is C4H14Mn5O4. The summed E-state index contributed by atoms with van der Waals surface area (Å²) in [7, 11) is 0. The molecule has 5 radical (unpaired) electrons. The van der Waals surface area contributed by atoms with Crippen LogP contribution in [0.4, 0.5) is 0 Å². The summed E-state index contributed by atoms with van der Waals surface area (Å²) >= 11 is 0. The normalized spacial score (nSPS) is 3.85. The Morgan fingerprint density at radius 1 is 0.769 bits per heavy atom. The van der Waals surface area contributed by atoms with Crippen LogP contribution >= 0.6 is 0 Å². The molecule has 0 bridgehead atoms. The number of carbonyl (C=O) groups is 2. The van der Waals surface area contributed by atoms with Crippen molar-refractivity contribution in [3.05, 3.63) is 0 Å². The summed E-state index contributed by atoms with van der Waals surface area (Å²) < 4.78 is 0. The number of rotatable bonds is 0. The van der Waals surface area contributed by atoms with E-state index in [-0.39, 0.29) is 96.8 Å². The SMILES string of the molecule is CC(=O)[O-].CC(=O)[O-].[H-].[H-].[H-].[H-].[H-].[H-].[H-].[H-].[Mn+2].[Mn+2].[Mn+2].[Mn+2].[Mn+2]. The zero-order chi connectivity index (χ0) is 7.15. The van der Waals surface area contributed by atoms with Gasteiger partial charge in [0.1, 0.15) is 0 Å². The van der Waals surface area contributed by atoms with Gasteiger partial charge in [0.25, 0.3) is 0 Å². The van der Waals surface area contributed by atoms with Gasteiger partial charge >= 0.3 is 85.3 Å². The largest absolute Gasteiger partial charge is 2.00 e. The fourth-order valence-corrected chi connectivity index (χ4v) is 0. The Morgan fingerprint density at radius 2 is 0.769 bits per heavy atom. The van der Waals surface area contributed by atoms with Crippen molar-refractivity contribution >= 4 is 11.9 Å². The summed E-state index contributed by atoms with van der Waals surface area (Å²) in [5.74, 6) is -2.17. The summed E-state index contributed by atoms with van der Waals surface area (Å²) in [6.07, 6.45) is 0. The third kappa shape index (κ3) is 762. The van der Waals surface area contributed by atoms with E-state index in [0.717, 1.165) is 13.8 Å². The number of carbonyl (C=O) groups excluding carboxylic acids is 2. The van der Waals surface area contributed by atoms with Gasteiger partial charge in [-0.3, -0.25) is 0 Å².